The first kappa shape index (κ1) is 14.1. The van der Waals surface area contributed by atoms with Crippen molar-refractivity contribution >= 4 is 0 Å². The highest BCUT2D eigenvalue weighted by Gasteiger charge is 2.33. The van der Waals surface area contributed by atoms with Crippen LogP contribution in [0, 0.1) is 5.92 Å². The van der Waals surface area contributed by atoms with Gasteiger partial charge in [-0.05, 0) is 44.7 Å². The zero-order valence-electron chi connectivity index (χ0n) is 12.6. The number of piperidine rings is 1. The number of nitrogens with zero attached hydrogens (tertiary/aromatic N) is 2. The van der Waals surface area contributed by atoms with Crippen LogP contribution in [-0.4, -0.2) is 29.2 Å². The van der Waals surface area contributed by atoms with E-state index in [1.807, 2.05) is 0 Å². The Balaban J connectivity index is 1.59. The first-order valence-electron chi connectivity index (χ1n) is 8.26. The van der Waals surface area contributed by atoms with Crippen LogP contribution in [0.4, 0.5) is 0 Å². The molecular weight excluding hydrogens is 250 g/mol. The molecular formula is C16H27N3O. The number of fused-ring (bicyclic) bond motifs is 1. The Morgan fingerprint density at radius 2 is 2.15 bits per heavy atom. The summed E-state index contributed by atoms with van der Waals surface area (Å²) in [6, 6.07) is 2.91. The summed E-state index contributed by atoms with van der Waals surface area (Å²) in [7, 11) is 0. The number of nitrogens with one attached hydrogen (secondary N) is 1. The van der Waals surface area contributed by atoms with Crippen molar-refractivity contribution in [2.75, 3.05) is 13.1 Å². The molecule has 2 heterocycles. The average molecular weight is 277 g/mol. The Morgan fingerprint density at radius 1 is 1.30 bits per heavy atom. The summed E-state index contributed by atoms with van der Waals surface area (Å²) in [6.07, 6.45) is 8.43. The Morgan fingerprint density at radius 3 is 3.05 bits per heavy atom. The van der Waals surface area contributed by atoms with Crippen LogP contribution in [-0.2, 0) is 13.1 Å². The van der Waals surface area contributed by atoms with Crippen LogP contribution >= 0.6 is 0 Å². The SMILES string of the molecule is CCNCc1cc(CN2CCC[C@H]3CCCC[C@H]32)on1. The molecule has 0 aromatic carbocycles. The van der Waals surface area contributed by atoms with Crippen molar-refractivity contribution in [3.05, 3.63) is 17.5 Å². The van der Waals surface area contributed by atoms with Crippen LogP contribution in [0.1, 0.15) is 56.9 Å². The second kappa shape index (κ2) is 6.72. The summed E-state index contributed by atoms with van der Waals surface area (Å²) in [6.45, 7) is 6.06. The van der Waals surface area contributed by atoms with E-state index in [1.54, 1.807) is 0 Å². The van der Waals surface area contributed by atoms with Crippen LogP contribution in [0.2, 0.25) is 0 Å². The van der Waals surface area contributed by atoms with Gasteiger partial charge in [-0.2, -0.15) is 0 Å². The third kappa shape index (κ3) is 3.23. The summed E-state index contributed by atoms with van der Waals surface area (Å²) in [5.41, 5.74) is 1.03. The van der Waals surface area contributed by atoms with Crippen LogP contribution in [0.3, 0.4) is 0 Å². The molecule has 20 heavy (non-hydrogen) atoms. The lowest BCUT2D eigenvalue weighted by atomic mass is 9.78. The van der Waals surface area contributed by atoms with Crippen LogP contribution in [0.5, 0.6) is 0 Å². The van der Waals surface area contributed by atoms with E-state index in [0.717, 1.165) is 43.0 Å². The molecule has 4 heteroatoms. The molecule has 0 radical (unpaired) electrons. The van der Waals surface area contributed by atoms with Gasteiger partial charge in [-0.15, -0.1) is 0 Å². The molecule has 1 N–H and O–H groups in total. The minimum atomic E-state index is 0.791. The van der Waals surface area contributed by atoms with Crippen molar-refractivity contribution in [1.29, 1.82) is 0 Å². The maximum absolute atomic E-state index is 5.51. The van der Waals surface area contributed by atoms with Gasteiger partial charge in [0.25, 0.3) is 0 Å². The molecule has 0 amide bonds. The van der Waals surface area contributed by atoms with Gasteiger partial charge in [0.05, 0.1) is 12.2 Å². The van der Waals surface area contributed by atoms with Gasteiger partial charge in [-0.1, -0.05) is 24.9 Å². The number of rotatable bonds is 5. The van der Waals surface area contributed by atoms with Crippen molar-refractivity contribution in [1.82, 2.24) is 15.4 Å². The molecule has 1 aromatic heterocycles. The number of aromatic nitrogens is 1. The molecule has 2 aliphatic rings. The van der Waals surface area contributed by atoms with Crippen LogP contribution in [0.15, 0.2) is 10.6 Å². The maximum Gasteiger partial charge on any atom is 0.151 e. The minimum Gasteiger partial charge on any atom is -0.360 e. The molecule has 1 saturated heterocycles. The van der Waals surface area contributed by atoms with Gasteiger partial charge in [-0.3, -0.25) is 4.90 Å². The molecule has 1 aliphatic carbocycles. The van der Waals surface area contributed by atoms with Crippen LogP contribution in [0.25, 0.3) is 0 Å². The predicted molar refractivity (Wildman–Crippen MR) is 79.3 cm³/mol. The summed E-state index contributed by atoms with van der Waals surface area (Å²) in [4.78, 5) is 2.64. The topological polar surface area (TPSA) is 41.3 Å². The molecule has 112 valence electrons. The smallest absolute Gasteiger partial charge is 0.151 e. The summed E-state index contributed by atoms with van der Waals surface area (Å²) >= 11 is 0. The standard InChI is InChI=1S/C16H27N3O/c1-2-17-11-14-10-15(20-18-14)12-19-9-5-7-13-6-3-4-8-16(13)19/h10,13,16-17H,2-9,11-12H2,1H3/t13-,16-/m1/s1. The van der Waals surface area contributed by atoms with Gasteiger partial charge in [0, 0.05) is 18.7 Å². The molecule has 1 saturated carbocycles. The molecule has 1 aliphatic heterocycles. The monoisotopic (exact) mass is 277 g/mol. The maximum atomic E-state index is 5.51. The average Bonchev–Trinajstić information content (AvgIpc) is 2.93. The Bertz CT molecular complexity index is 416. The highest BCUT2D eigenvalue weighted by Crippen LogP contribution is 2.35. The van der Waals surface area contributed by atoms with Gasteiger partial charge in [-0.25, -0.2) is 0 Å². The fraction of sp³-hybridized carbons (Fsp3) is 0.812. The zero-order valence-corrected chi connectivity index (χ0v) is 12.6. The quantitative estimate of drug-likeness (QED) is 0.898. The molecule has 0 unspecified atom stereocenters. The van der Waals surface area contributed by atoms with Gasteiger partial charge in [0.15, 0.2) is 5.76 Å². The van der Waals surface area contributed by atoms with E-state index in [2.05, 4.69) is 28.4 Å². The number of hydrogen-bond acceptors (Lipinski definition) is 4. The Kier molecular flexibility index (Phi) is 4.73. The van der Waals surface area contributed by atoms with Gasteiger partial charge in [0.1, 0.15) is 0 Å². The fourth-order valence-corrected chi connectivity index (χ4v) is 3.89. The molecule has 0 bridgehead atoms. The molecule has 0 spiro atoms. The molecule has 2 atom stereocenters. The van der Waals surface area contributed by atoms with Crippen molar-refractivity contribution in [2.45, 2.75) is 64.6 Å². The highest BCUT2D eigenvalue weighted by atomic mass is 16.5. The van der Waals surface area contributed by atoms with Crippen molar-refractivity contribution < 1.29 is 4.52 Å². The van der Waals surface area contributed by atoms with E-state index < -0.39 is 0 Å². The van der Waals surface area contributed by atoms with Crippen molar-refractivity contribution in [2.24, 2.45) is 5.92 Å². The molecule has 2 fully saturated rings. The van der Waals surface area contributed by atoms with E-state index >= 15 is 0 Å². The first-order chi connectivity index (χ1) is 9.86. The lowest BCUT2D eigenvalue weighted by Gasteiger charge is -2.43. The summed E-state index contributed by atoms with van der Waals surface area (Å²) < 4.78 is 5.51. The van der Waals surface area contributed by atoms with Crippen LogP contribution < -0.4 is 5.32 Å². The normalized spacial score (nSPS) is 27.4. The summed E-state index contributed by atoms with van der Waals surface area (Å²) in [5.74, 6) is 1.96. The Hall–Kier alpha value is -0.870. The zero-order chi connectivity index (χ0) is 13.8. The third-order valence-electron chi connectivity index (χ3n) is 4.88. The lowest BCUT2D eigenvalue weighted by Crippen LogP contribution is -2.46. The largest absolute Gasteiger partial charge is 0.360 e. The van der Waals surface area contributed by atoms with E-state index in [1.165, 1.54) is 45.1 Å². The van der Waals surface area contributed by atoms with Gasteiger partial charge in [0.2, 0.25) is 0 Å². The minimum absolute atomic E-state index is 0.791. The molecule has 1 aromatic rings. The predicted octanol–water partition coefficient (Wildman–Crippen LogP) is 2.94. The highest BCUT2D eigenvalue weighted by molar-refractivity contribution is 5.06. The molecule has 4 nitrogen and oxygen atoms in total. The second-order valence-corrected chi connectivity index (χ2v) is 6.29. The van der Waals surface area contributed by atoms with Gasteiger partial charge >= 0.3 is 0 Å². The molecule has 3 rings (SSSR count). The first-order valence-corrected chi connectivity index (χ1v) is 8.26. The van der Waals surface area contributed by atoms with E-state index in [4.69, 9.17) is 4.52 Å². The lowest BCUT2D eigenvalue weighted by molar-refractivity contribution is 0.0479. The summed E-state index contributed by atoms with van der Waals surface area (Å²) in [5, 5.41) is 7.45. The van der Waals surface area contributed by atoms with Crippen molar-refractivity contribution in [3.63, 3.8) is 0 Å². The third-order valence-corrected chi connectivity index (χ3v) is 4.88. The van der Waals surface area contributed by atoms with E-state index in [9.17, 15) is 0 Å². The Labute approximate surface area is 121 Å². The van der Waals surface area contributed by atoms with Crippen molar-refractivity contribution in [3.8, 4) is 0 Å². The van der Waals surface area contributed by atoms with Gasteiger partial charge < -0.3 is 9.84 Å². The second-order valence-electron chi connectivity index (χ2n) is 6.29. The number of likely N-dealkylation sites (tertiary alicyclic amines) is 1. The fourth-order valence-electron chi connectivity index (χ4n) is 3.89. The number of hydrogen-bond donors (Lipinski definition) is 1. The van der Waals surface area contributed by atoms with E-state index in [0.29, 0.717) is 0 Å². The van der Waals surface area contributed by atoms with E-state index in [-0.39, 0.29) is 0 Å².